The second kappa shape index (κ2) is 6.38. The van der Waals surface area contributed by atoms with Gasteiger partial charge in [0, 0.05) is 17.5 Å². The van der Waals surface area contributed by atoms with Gasteiger partial charge in [-0.05, 0) is 36.7 Å². The Hall–Kier alpha value is -1.09. The van der Waals surface area contributed by atoms with E-state index in [2.05, 4.69) is 6.92 Å². The second-order valence-electron chi connectivity index (χ2n) is 5.66. The van der Waals surface area contributed by atoms with E-state index in [1.54, 1.807) is 12.1 Å². The highest BCUT2D eigenvalue weighted by Crippen LogP contribution is 2.33. The average Bonchev–Trinajstić information content (AvgIpc) is 2.40. The van der Waals surface area contributed by atoms with Crippen molar-refractivity contribution in [3.8, 4) is 0 Å². The first-order valence-corrected chi connectivity index (χ1v) is 7.37. The second-order valence-corrected chi connectivity index (χ2v) is 6.22. The van der Waals surface area contributed by atoms with Crippen LogP contribution >= 0.6 is 11.6 Å². The van der Waals surface area contributed by atoms with Crippen LogP contribution in [0.5, 0.6) is 0 Å². The SMILES string of the molecule is CC1CCC(C(Cl)Cc2ccc([N+](=O)[O-])cc2)CC1. The topological polar surface area (TPSA) is 43.1 Å². The molecule has 0 bridgehead atoms. The number of benzene rings is 1. The van der Waals surface area contributed by atoms with Gasteiger partial charge in [-0.25, -0.2) is 0 Å². The third-order valence-electron chi connectivity index (χ3n) is 4.15. The molecule has 19 heavy (non-hydrogen) atoms. The van der Waals surface area contributed by atoms with E-state index in [1.165, 1.54) is 25.7 Å². The molecule has 1 aromatic rings. The van der Waals surface area contributed by atoms with Crippen LogP contribution in [0.3, 0.4) is 0 Å². The summed E-state index contributed by atoms with van der Waals surface area (Å²) in [5.41, 5.74) is 1.23. The number of nitro benzene ring substituents is 1. The highest BCUT2D eigenvalue weighted by Gasteiger charge is 2.24. The summed E-state index contributed by atoms with van der Waals surface area (Å²) >= 11 is 6.51. The predicted molar refractivity (Wildman–Crippen MR) is 77.6 cm³/mol. The Kier molecular flexibility index (Phi) is 4.81. The maximum Gasteiger partial charge on any atom is 0.269 e. The number of nitrogens with zero attached hydrogens (tertiary/aromatic N) is 1. The average molecular weight is 282 g/mol. The molecule has 0 spiro atoms. The van der Waals surface area contributed by atoms with Crippen molar-refractivity contribution >= 4 is 17.3 Å². The third kappa shape index (κ3) is 3.93. The van der Waals surface area contributed by atoms with Gasteiger partial charge in [-0.3, -0.25) is 10.1 Å². The van der Waals surface area contributed by atoms with Crippen molar-refractivity contribution in [1.82, 2.24) is 0 Å². The lowest BCUT2D eigenvalue weighted by molar-refractivity contribution is -0.384. The highest BCUT2D eigenvalue weighted by atomic mass is 35.5. The number of hydrogen-bond acceptors (Lipinski definition) is 2. The molecular formula is C15H20ClNO2. The van der Waals surface area contributed by atoms with Crippen molar-refractivity contribution in [2.75, 3.05) is 0 Å². The number of alkyl halides is 1. The van der Waals surface area contributed by atoms with Crippen LogP contribution in [0, 0.1) is 22.0 Å². The fourth-order valence-corrected chi connectivity index (χ4v) is 3.22. The first kappa shape index (κ1) is 14.3. The maximum absolute atomic E-state index is 10.6. The molecule has 0 aromatic heterocycles. The molecule has 1 aromatic carbocycles. The minimum atomic E-state index is -0.371. The van der Waals surface area contributed by atoms with Crippen molar-refractivity contribution < 1.29 is 4.92 Å². The summed E-state index contributed by atoms with van der Waals surface area (Å²) < 4.78 is 0. The first-order chi connectivity index (χ1) is 9.06. The summed E-state index contributed by atoms with van der Waals surface area (Å²) in [5.74, 6) is 1.42. The van der Waals surface area contributed by atoms with E-state index in [1.807, 2.05) is 12.1 Å². The largest absolute Gasteiger partial charge is 0.269 e. The third-order valence-corrected chi connectivity index (χ3v) is 4.66. The molecule has 1 unspecified atom stereocenters. The normalized spacial score (nSPS) is 24.9. The molecule has 104 valence electrons. The van der Waals surface area contributed by atoms with Gasteiger partial charge in [0.1, 0.15) is 0 Å². The zero-order valence-electron chi connectivity index (χ0n) is 11.2. The van der Waals surface area contributed by atoms with Gasteiger partial charge >= 0.3 is 0 Å². The molecule has 0 aliphatic heterocycles. The Balaban J connectivity index is 1.91. The van der Waals surface area contributed by atoms with E-state index >= 15 is 0 Å². The highest BCUT2D eigenvalue weighted by molar-refractivity contribution is 6.20. The first-order valence-electron chi connectivity index (χ1n) is 6.93. The van der Waals surface area contributed by atoms with Crippen molar-refractivity contribution in [3.05, 3.63) is 39.9 Å². The lowest BCUT2D eigenvalue weighted by Gasteiger charge is -2.29. The number of non-ortho nitro benzene ring substituents is 1. The Bertz CT molecular complexity index is 424. The van der Waals surface area contributed by atoms with Crippen LogP contribution in [-0.2, 0) is 6.42 Å². The zero-order valence-corrected chi connectivity index (χ0v) is 12.0. The van der Waals surface area contributed by atoms with Gasteiger partial charge in [-0.1, -0.05) is 31.9 Å². The number of rotatable bonds is 4. The molecule has 1 fully saturated rings. The molecule has 1 aliphatic carbocycles. The maximum atomic E-state index is 10.6. The summed E-state index contributed by atoms with van der Waals surface area (Å²) in [6, 6.07) is 6.75. The van der Waals surface area contributed by atoms with Gasteiger partial charge in [0.25, 0.3) is 5.69 Å². The standard InChI is InChI=1S/C15H20ClNO2/c1-11-2-6-13(7-3-11)15(16)10-12-4-8-14(9-5-12)17(18)19/h4-5,8-9,11,13,15H,2-3,6-7,10H2,1H3. The lowest BCUT2D eigenvalue weighted by Crippen LogP contribution is -2.22. The summed E-state index contributed by atoms with van der Waals surface area (Å²) in [7, 11) is 0. The van der Waals surface area contributed by atoms with E-state index in [4.69, 9.17) is 11.6 Å². The van der Waals surface area contributed by atoms with E-state index in [0.717, 1.165) is 17.9 Å². The summed E-state index contributed by atoms with van der Waals surface area (Å²) in [5, 5.41) is 10.7. The monoisotopic (exact) mass is 281 g/mol. The number of hydrogen-bond donors (Lipinski definition) is 0. The van der Waals surface area contributed by atoms with E-state index in [0.29, 0.717) is 5.92 Å². The molecule has 1 atom stereocenters. The predicted octanol–water partition coefficient (Wildman–Crippen LogP) is 4.57. The van der Waals surface area contributed by atoms with E-state index in [-0.39, 0.29) is 16.0 Å². The van der Waals surface area contributed by atoms with Gasteiger partial charge in [0.2, 0.25) is 0 Å². The summed E-state index contributed by atoms with van der Waals surface area (Å²) in [6.45, 7) is 2.30. The fraction of sp³-hybridized carbons (Fsp3) is 0.600. The molecule has 0 amide bonds. The quantitative estimate of drug-likeness (QED) is 0.461. The van der Waals surface area contributed by atoms with Crippen LogP contribution in [-0.4, -0.2) is 10.3 Å². The molecule has 4 heteroatoms. The molecule has 0 saturated heterocycles. The fourth-order valence-electron chi connectivity index (χ4n) is 2.79. The van der Waals surface area contributed by atoms with Gasteiger partial charge in [0.15, 0.2) is 0 Å². The van der Waals surface area contributed by atoms with Crippen molar-refractivity contribution in [2.45, 2.75) is 44.4 Å². The van der Waals surface area contributed by atoms with Gasteiger partial charge < -0.3 is 0 Å². The molecule has 0 radical (unpaired) electrons. The smallest absolute Gasteiger partial charge is 0.258 e. The van der Waals surface area contributed by atoms with Crippen LogP contribution in [0.1, 0.15) is 38.2 Å². The number of halogens is 1. The van der Waals surface area contributed by atoms with Crippen LogP contribution in [0.4, 0.5) is 5.69 Å². The summed E-state index contributed by atoms with van der Waals surface area (Å²) in [4.78, 5) is 10.2. The Morgan fingerprint density at radius 3 is 2.37 bits per heavy atom. The minimum Gasteiger partial charge on any atom is -0.258 e. The molecular weight excluding hydrogens is 262 g/mol. The van der Waals surface area contributed by atoms with Gasteiger partial charge in [-0.2, -0.15) is 0 Å². The van der Waals surface area contributed by atoms with E-state index in [9.17, 15) is 10.1 Å². The van der Waals surface area contributed by atoms with Crippen LogP contribution < -0.4 is 0 Å². The molecule has 0 N–H and O–H groups in total. The Morgan fingerprint density at radius 1 is 1.26 bits per heavy atom. The van der Waals surface area contributed by atoms with Crippen LogP contribution in [0.15, 0.2) is 24.3 Å². The van der Waals surface area contributed by atoms with Crippen molar-refractivity contribution in [2.24, 2.45) is 11.8 Å². The van der Waals surface area contributed by atoms with E-state index < -0.39 is 0 Å². The van der Waals surface area contributed by atoms with Gasteiger partial charge in [0.05, 0.1) is 4.92 Å². The minimum absolute atomic E-state index is 0.140. The molecule has 1 saturated carbocycles. The summed E-state index contributed by atoms with van der Waals surface area (Å²) in [6.07, 6.45) is 5.77. The van der Waals surface area contributed by atoms with Crippen LogP contribution in [0.25, 0.3) is 0 Å². The zero-order chi connectivity index (χ0) is 13.8. The Labute approximate surface area is 119 Å². The van der Waals surface area contributed by atoms with Gasteiger partial charge in [-0.15, -0.1) is 11.6 Å². The number of nitro groups is 1. The van der Waals surface area contributed by atoms with Crippen molar-refractivity contribution in [3.63, 3.8) is 0 Å². The van der Waals surface area contributed by atoms with Crippen LogP contribution in [0.2, 0.25) is 0 Å². The van der Waals surface area contributed by atoms with Crippen molar-refractivity contribution in [1.29, 1.82) is 0 Å². The lowest BCUT2D eigenvalue weighted by atomic mass is 9.80. The Morgan fingerprint density at radius 2 is 1.84 bits per heavy atom. The molecule has 2 rings (SSSR count). The molecule has 1 aliphatic rings. The molecule has 3 nitrogen and oxygen atoms in total. The molecule has 0 heterocycles.